The molecule has 3 heterocycles. The highest BCUT2D eigenvalue weighted by molar-refractivity contribution is 6.35. The second kappa shape index (κ2) is 10.5. The maximum Gasteiger partial charge on any atom is 0.332 e. The number of urea groups is 2. The van der Waals surface area contributed by atoms with E-state index in [1.54, 1.807) is 30.7 Å². The molecule has 1 aromatic carbocycles. The van der Waals surface area contributed by atoms with E-state index in [-0.39, 0.29) is 13.1 Å². The fourth-order valence-electron chi connectivity index (χ4n) is 3.71. The molecule has 3 aromatic heterocycles. The highest BCUT2D eigenvalue weighted by atomic mass is 35.5. The Labute approximate surface area is 216 Å². The van der Waals surface area contributed by atoms with Crippen LogP contribution in [0.1, 0.15) is 17.2 Å². The largest absolute Gasteiger partial charge is 0.357 e. The molecule has 0 atom stereocenters. The molecule has 37 heavy (non-hydrogen) atoms. The normalized spacial score (nSPS) is 10.8. The van der Waals surface area contributed by atoms with E-state index >= 15 is 0 Å². The predicted molar refractivity (Wildman–Crippen MR) is 138 cm³/mol. The lowest BCUT2D eigenvalue weighted by Gasteiger charge is -2.22. The minimum atomic E-state index is -0.684. The number of hydrogen-bond donors (Lipinski definition) is 4. The molecule has 0 bridgehead atoms. The van der Waals surface area contributed by atoms with Crippen LogP contribution >= 0.6 is 11.6 Å². The first kappa shape index (κ1) is 25.4. The van der Waals surface area contributed by atoms with Gasteiger partial charge >= 0.3 is 12.1 Å². The van der Waals surface area contributed by atoms with Crippen molar-refractivity contribution in [3.63, 3.8) is 0 Å². The number of nitrogens with two attached hydrogens (primary N) is 1. The Morgan fingerprint density at radius 2 is 2.05 bits per heavy atom. The van der Waals surface area contributed by atoms with Crippen molar-refractivity contribution in [2.75, 3.05) is 17.3 Å². The average molecular weight is 525 g/mol. The third-order valence-corrected chi connectivity index (χ3v) is 6.04. The van der Waals surface area contributed by atoms with E-state index in [9.17, 15) is 14.4 Å². The first-order valence-corrected chi connectivity index (χ1v) is 11.5. The van der Waals surface area contributed by atoms with E-state index in [1.807, 2.05) is 18.2 Å². The summed E-state index contributed by atoms with van der Waals surface area (Å²) in [6.45, 7) is 1.89. The number of amides is 5. The van der Waals surface area contributed by atoms with Crippen molar-refractivity contribution in [3.8, 4) is 0 Å². The molecule has 0 saturated carbocycles. The fourth-order valence-corrected chi connectivity index (χ4v) is 3.94. The Hall–Kier alpha value is -4.65. The molecule has 5 N–H and O–H groups in total. The van der Waals surface area contributed by atoms with Crippen LogP contribution in [-0.4, -0.2) is 54.9 Å². The van der Waals surface area contributed by atoms with Crippen molar-refractivity contribution in [2.45, 2.75) is 20.0 Å². The molecule has 5 amide bonds. The molecular formula is C23H25ClN10O3. The van der Waals surface area contributed by atoms with E-state index in [0.717, 1.165) is 15.8 Å². The minimum absolute atomic E-state index is 0.0255. The number of rotatable bonds is 8. The molecule has 4 rings (SSSR count). The number of aromatic amines is 1. The molecule has 0 radical (unpaired) electrons. The predicted octanol–water partition coefficient (Wildman–Crippen LogP) is 2.78. The van der Waals surface area contributed by atoms with Crippen molar-refractivity contribution in [3.05, 3.63) is 58.8 Å². The zero-order chi connectivity index (χ0) is 26.7. The number of carbonyl (C=O) groups is 3. The number of fused-ring (bicyclic) bond motifs is 1. The van der Waals surface area contributed by atoms with Gasteiger partial charge in [-0.15, -0.1) is 0 Å². The van der Waals surface area contributed by atoms with Gasteiger partial charge in [-0.05, 0) is 31.2 Å². The first-order chi connectivity index (χ1) is 17.7. The van der Waals surface area contributed by atoms with Gasteiger partial charge in [-0.2, -0.15) is 4.98 Å². The van der Waals surface area contributed by atoms with Crippen LogP contribution in [0.2, 0.25) is 5.02 Å². The summed E-state index contributed by atoms with van der Waals surface area (Å²) in [5.41, 5.74) is 7.23. The standard InChI is InChI=1S/C23H25ClN10O3/c1-13-20(31-22(32(13)2)30-18-7-8-26-19(29-18)10-27-21(25)36)33(3)23(37)34(12-35)11-14-9-15-16(24)5-4-6-17(15)28-14/h4-9,12,28H,10-11H2,1-3H3,(H3,25,27,36)(H,26,29,30,31). The molecule has 14 heteroatoms. The number of H-pyrrole nitrogens is 1. The number of primary amides is 1. The number of imidazole rings is 1. The maximum absolute atomic E-state index is 13.2. The number of aromatic nitrogens is 5. The third-order valence-electron chi connectivity index (χ3n) is 5.71. The number of nitrogens with one attached hydrogen (secondary N) is 3. The van der Waals surface area contributed by atoms with Gasteiger partial charge in [0.05, 0.1) is 18.8 Å². The summed E-state index contributed by atoms with van der Waals surface area (Å²) in [5, 5.41) is 6.88. The molecule has 0 aliphatic carbocycles. The average Bonchev–Trinajstić information content (AvgIpc) is 3.42. The Balaban J connectivity index is 1.51. The van der Waals surface area contributed by atoms with E-state index in [0.29, 0.717) is 46.2 Å². The zero-order valence-corrected chi connectivity index (χ0v) is 21.1. The highest BCUT2D eigenvalue weighted by Gasteiger charge is 2.25. The lowest BCUT2D eigenvalue weighted by atomic mass is 10.2. The summed E-state index contributed by atoms with van der Waals surface area (Å²) in [4.78, 5) is 54.5. The summed E-state index contributed by atoms with van der Waals surface area (Å²) < 4.78 is 1.74. The Kier molecular flexibility index (Phi) is 7.25. The fraction of sp³-hybridized carbons (Fsp3) is 0.217. The number of hydrogen-bond acceptors (Lipinski definition) is 7. The maximum atomic E-state index is 13.2. The molecule has 0 aliphatic rings. The van der Waals surface area contributed by atoms with Crippen LogP contribution in [0.3, 0.4) is 0 Å². The van der Waals surface area contributed by atoms with Crippen molar-refractivity contribution >= 4 is 58.6 Å². The molecule has 0 spiro atoms. The van der Waals surface area contributed by atoms with Crippen molar-refractivity contribution < 1.29 is 14.4 Å². The second-order valence-electron chi connectivity index (χ2n) is 8.17. The molecular weight excluding hydrogens is 500 g/mol. The van der Waals surface area contributed by atoms with Crippen molar-refractivity contribution in [1.82, 2.24) is 34.7 Å². The summed E-state index contributed by atoms with van der Waals surface area (Å²) in [5.74, 6) is 1.54. The van der Waals surface area contributed by atoms with Crippen LogP contribution in [0.4, 0.5) is 27.2 Å². The van der Waals surface area contributed by atoms with Gasteiger partial charge in [-0.1, -0.05) is 17.7 Å². The lowest BCUT2D eigenvalue weighted by Crippen LogP contribution is -2.40. The quantitative estimate of drug-likeness (QED) is 0.257. The van der Waals surface area contributed by atoms with Gasteiger partial charge in [0.1, 0.15) is 11.6 Å². The summed E-state index contributed by atoms with van der Waals surface area (Å²) >= 11 is 6.24. The number of carbonyl (C=O) groups excluding carboxylic acids is 3. The first-order valence-electron chi connectivity index (χ1n) is 11.1. The molecule has 0 fully saturated rings. The van der Waals surface area contributed by atoms with Gasteiger partial charge in [0, 0.05) is 41.9 Å². The second-order valence-corrected chi connectivity index (χ2v) is 8.58. The van der Waals surface area contributed by atoms with Crippen LogP contribution in [-0.2, 0) is 24.9 Å². The van der Waals surface area contributed by atoms with E-state index in [2.05, 4.69) is 30.6 Å². The van der Waals surface area contributed by atoms with Crippen molar-refractivity contribution in [1.29, 1.82) is 0 Å². The van der Waals surface area contributed by atoms with Crippen LogP contribution in [0.15, 0.2) is 36.5 Å². The number of anilines is 3. The van der Waals surface area contributed by atoms with Crippen LogP contribution < -0.4 is 21.3 Å². The zero-order valence-electron chi connectivity index (χ0n) is 20.3. The molecule has 0 saturated heterocycles. The summed E-state index contributed by atoms with van der Waals surface area (Å²) in [7, 11) is 3.31. The Bertz CT molecular complexity index is 1480. The van der Waals surface area contributed by atoms with E-state index < -0.39 is 12.1 Å². The Morgan fingerprint density at radius 3 is 2.76 bits per heavy atom. The minimum Gasteiger partial charge on any atom is -0.357 e. The molecule has 0 unspecified atom stereocenters. The smallest absolute Gasteiger partial charge is 0.332 e. The number of nitrogens with zero attached hydrogens (tertiary/aromatic N) is 6. The van der Waals surface area contributed by atoms with Crippen molar-refractivity contribution in [2.24, 2.45) is 12.8 Å². The molecule has 13 nitrogen and oxygen atoms in total. The monoisotopic (exact) mass is 524 g/mol. The number of halogens is 1. The van der Waals surface area contributed by atoms with E-state index in [1.165, 1.54) is 18.1 Å². The number of benzene rings is 1. The van der Waals surface area contributed by atoms with Gasteiger partial charge in [0.2, 0.25) is 12.4 Å². The van der Waals surface area contributed by atoms with Gasteiger partial charge in [0.15, 0.2) is 5.82 Å². The van der Waals surface area contributed by atoms with Crippen LogP contribution in [0.5, 0.6) is 0 Å². The van der Waals surface area contributed by atoms with E-state index in [4.69, 9.17) is 17.3 Å². The van der Waals surface area contributed by atoms with Gasteiger partial charge in [-0.25, -0.2) is 19.6 Å². The third kappa shape index (κ3) is 5.46. The van der Waals surface area contributed by atoms with Gasteiger partial charge in [0.25, 0.3) is 0 Å². The highest BCUT2D eigenvalue weighted by Crippen LogP contribution is 2.26. The van der Waals surface area contributed by atoms with Crippen LogP contribution in [0, 0.1) is 6.92 Å². The SMILES string of the molecule is Cc1c(N(C)C(=O)N(C=O)Cc2cc3c(Cl)cccc3[nH]2)nc(Nc2ccnc(CNC(N)=O)n2)n1C. The summed E-state index contributed by atoms with van der Waals surface area (Å²) in [6.07, 6.45) is 2.00. The molecule has 192 valence electrons. The number of imide groups is 1. The van der Waals surface area contributed by atoms with Crippen LogP contribution in [0.25, 0.3) is 10.9 Å². The van der Waals surface area contributed by atoms with Gasteiger partial charge in [-0.3, -0.25) is 14.6 Å². The lowest BCUT2D eigenvalue weighted by molar-refractivity contribution is -0.116. The molecule has 4 aromatic rings. The topological polar surface area (TPSA) is 167 Å². The Morgan fingerprint density at radius 1 is 1.27 bits per heavy atom. The summed E-state index contributed by atoms with van der Waals surface area (Å²) in [6, 6.07) is 7.65. The molecule has 0 aliphatic heterocycles. The van der Waals surface area contributed by atoms with Gasteiger partial charge < -0.3 is 25.9 Å².